The van der Waals surface area contributed by atoms with Crippen molar-refractivity contribution in [3.8, 4) is 0 Å². The average Bonchev–Trinajstić information content (AvgIpc) is 3.02. The maximum absolute atomic E-state index is 12.3. The molecule has 1 fully saturated rings. The Bertz CT molecular complexity index is 287. The summed E-state index contributed by atoms with van der Waals surface area (Å²) in [7, 11) is 0. The van der Waals surface area contributed by atoms with Crippen molar-refractivity contribution in [3.05, 3.63) is 0 Å². The second-order valence-corrected chi connectivity index (χ2v) is 4.73. The predicted molar refractivity (Wildman–Crippen MR) is 64.9 cm³/mol. The summed E-state index contributed by atoms with van der Waals surface area (Å²) in [5, 5.41) is 8.70. The van der Waals surface area contributed by atoms with E-state index in [4.69, 9.17) is 5.11 Å². The van der Waals surface area contributed by atoms with Crippen LogP contribution in [-0.2, 0) is 4.79 Å². The smallest absolute Gasteiger partial charge is 0.320 e. The Morgan fingerprint density at radius 2 is 1.94 bits per heavy atom. The van der Waals surface area contributed by atoms with Crippen LogP contribution in [-0.4, -0.2) is 52.1 Å². The van der Waals surface area contributed by atoms with Gasteiger partial charge < -0.3 is 14.9 Å². The van der Waals surface area contributed by atoms with Crippen molar-refractivity contribution in [1.29, 1.82) is 0 Å². The molecule has 0 bridgehead atoms. The lowest BCUT2D eigenvalue weighted by atomic mass is 10.3. The van der Waals surface area contributed by atoms with Gasteiger partial charge >= 0.3 is 12.0 Å². The summed E-state index contributed by atoms with van der Waals surface area (Å²) >= 11 is 0. The molecule has 1 N–H and O–H groups in total. The number of hydrogen-bond acceptors (Lipinski definition) is 2. The Balaban J connectivity index is 2.62. The molecule has 0 aliphatic heterocycles. The Morgan fingerprint density at radius 1 is 1.35 bits per heavy atom. The highest BCUT2D eigenvalue weighted by Crippen LogP contribution is 2.28. The van der Waals surface area contributed by atoms with E-state index in [1.807, 2.05) is 20.8 Å². The summed E-state index contributed by atoms with van der Waals surface area (Å²) in [6.07, 6.45) is 2.03. The molecule has 1 aliphatic carbocycles. The number of aliphatic carboxylic acids is 1. The molecule has 5 heteroatoms. The molecular formula is C12H22N2O3. The van der Waals surface area contributed by atoms with E-state index in [2.05, 4.69) is 0 Å². The van der Waals surface area contributed by atoms with Gasteiger partial charge in [0, 0.05) is 25.2 Å². The quantitative estimate of drug-likeness (QED) is 0.772. The van der Waals surface area contributed by atoms with E-state index >= 15 is 0 Å². The molecule has 0 aromatic carbocycles. The Kier molecular flexibility index (Phi) is 4.78. The van der Waals surface area contributed by atoms with Crippen LogP contribution in [0.2, 0.25) is 0 Å². The summed E-state index contributed by atoms with van der Waals surface area (Å²) in [4.78, 5) is 26.4. The molecule has 0 spiro atoms. The van der Waals surface area contributed by atoms with Gasteiger partial charge in [0.25, 0.3) is 0 Å². The molecule has 0 unspecified atom stereocenters. The number of nitrogens with zero attached hydrogens (tertiary/aromatic N) is 2. The number of hydrogen-bond donors (Lipinski definition) is 1. The van der Waals surface area contributed by atoms with Crippen molar-refractivity contribution in [3.63, 3.8) is 0 Å². The third-order valence-electron chi connectivity index (χ3n) is 3.01. The zero-order valence-corrected chi connectivity index (χ0v) is 10.8. The largest absolute Gasteiger partial charge is 0.481 e. The standard InChI is InChI=1S/C12H22N2O3/c1-4-13(9(2)3)12(17)14(10-5-6-10)8-7-11(15)16/h9-10H,4-8H2,1-3H3,(H,15,16). The summed E-state index contributed by atoms with van der Waals surface area (Å²) in [5.41, 5.74) is 0. The molecule has 1 rings (SSSR count). The minimum Gasteiger partial charge on any atom is -0.481 e. The lowest BCUT2D eigenvalue weighted by Crippen LogP contribution is -2.47. The Labute approximate surface area is 102 Å². The summed E-state index contributed by atoms with van der Waals surface area (Å²) in [5.74, 6) is -0.851. The van der Waals surface area contributed by atoms with Gasteiger partial charge in [0.2, 0.25) is 0 Å². The summed E-state index contributed by atoms with van der Waals surface area (Å²) in [6.45, 7) is 6.88. The first-order valence-corrected chi connectivity index (χ1v) is 6.26. The van der Waals surface area contributed by atoms with Crippen LogP contribution in [0.5, 0.6) is 0 Å². The third kappa shape index (κ3) is 3.91. The van der Waals surface area contributed by atoms with E-state index in [0.29, 0.717) is 13.1 Å². The third-order valence-corrected chi connectivity index (χ3v) is 3.01. The van der Waals surface area contributed by atoms with Gasteiger partial charge in [0.1, 0.15) is 0 Å². The van der Waals surface area contributed by atoms with Gasteiger partial charge in [-0.2, -0.15) is 0 Å². The van der Waals surface area contributed by atoms with E-state index in [-0.39, 0.29) is 24.5 Å². The van der Waals surface area contributed by atoms with Crippen LogP contribution in [0.4, 0.5) is 4.79 Å². The highest BCUT2D eigenvalue weighted by atomic mass is 16.4. The second kappa shape index (κ2) is 5.89. The molecule has 1 saturated carbocycles. The summed E-state index contributed by atoms with van der Waals surface area (Å²) < 4.78 is 0. The molecule has 0 radical (unpaired) electrons. The highest BCUT2D eigenvalue weighted by Gasteiger charge is 2.35. The number of carbonyl (C=O) groups is 2. The van der Waals surface area contributed by atoms with E-state index in [1.165, 1.54) is 0 Å². The van der Waals surface area contributed by atoms with Crippen molar-refractivity contribution in [2.24, 2.45) is 0 Å². The number of urea groups is 1. The molecule has 1 aliphatic rings. The molecular weight excluding hydrogens is 220 g/mol. The number of amides is 2. The lowest BCUT2D eigenvalue weighted by molar-refractivity contribution is -0.137. The molecule has 5 nitrogen and oxygen atoms in total. The van der Waals surface area contributed by atoms with Crippen molar-refractivity contribution in [2.45, 2.75) is 52.1 Å². The zero-order valence-electron chi connectivity index (χ0n) is 10.8. The van der Waals surface area contributed by atoms with Gasteiger partial charge in [0.05, 0.1) is 6.42 Å². The van der Waals surface area contributed by atoms with Crippen LogP contribution < -0.4 is 0 Å². The fraction of sp³-hybridized carbons (Fsp3) is 0.833. The van der Waals surface area contributed by atoms with Crippen molar-refractivity contribution >= 4 is 12.0 Å². The van der Waals surface area contributed by atoms with Gasteiger partial charge in [-0.05, 0) is 33.6 Å². The molecule has 98 valence electrons. The first-order chi connectivity index (χ1) is 7.97. The van der Waals surface area contributed by atoms with Crippen LogP contribution >= 0.6 is 0 Å². The van der Waals surface area contributed by atoms with Gasteiger partial charge in [-0.15, -0.1) is 0 Å². The van der Waals surface area contributed by atoms with Crippen molar-refractivity contribution < 1.29 is 14.7 Å². The first kappa shape index (κ1) is 13.8. The lowest BCUT2D eigenvalue weighted by Gasteiger charge is -2.32. The molecule has 17 heavy (non-hydrogen) atoms. The topological polar surface area (TPSA) is 60.9 Å². The van der Waals surface area contributed by atoms with Gasteiger partial charge in [-0.1, -0.05) is 0 Å². The molecule has 0 heterocycles. The number of rotatable bonds is 6. The second-order valence-electron chi connectivity index (χ2n) is 4.73. The van der Waals surface area contributed by atoms with Gasteiger partial charge in [-0.3, -0.25) is 4.79 Å². The van der Waals surface area contributed by atoms with Crippen LogP contribution in [0.1, 0.15) is 40.0 Å². The van der Waals surface area contributed by atoms with Crippen LogP contribution in [0.3, 0.4) is 0 Å². The van der Waals surface area contributed by atoms with Crippen LogP contribution in [0.15, 0.2) is 0 Å². The molecule has 0 saturated heterocycles. The molecule has 0 atom stereocenters. The molecule has 2 amide bonds. The Hall–Kier alpha value is -1.26. The molecule has 0 aromatic rings. The SMILES string of the molecule is CCN(C(=O)N(CCC(=O)O)C1CC1)C(C)C. The van der Waals surface area contributed by atoms with E-state index in [1.54, 1.807) is 9.80 Å². The fourth-order valence-corrected chi connectivity index (χ4v) is 1.92. The first-order valence-electron chi connectivity index (χ1n) is 6.26. The number of carboxylic acid groups (broad SMARTS) is 1. The monoisotopic (exact) mass is 242 g/mol. The minimum absolute atomic E-state index is 0.0220. The Morgan fingerprint density at radius 3 is 2.29 bits per heavy atom. The average molecular weight is 242 g/mol. The van der Waals surface area contributed by atoms with Gasteiger partial charge in [0.15, 0.2) is 0 Å². The van der Waals surface area contributed by atoms with E-state index in [9.17, 15) is 9.59 Å². The zero-order chi connectivity index (χ0) is 13.0. The maximum atomic E-state index is 12.3. The van der Waals surface area contributed by atoms with E-state index in [0.717, 1.165) is 12.8 Å². The summed E-state index contributed by atoms with van der Waals surface area (Å²) in [6, 6.07) is 0.388. The normalized spacial score (nSPS) is 14.8. The van der Waals surface area contributed by atoms with Crippen LogP contribution in [0.25, 0.3) is 0 Å². The van der Waals surface area contributed by atoms with Gasteiger partial charge in [-0.25, -0.2) is 4.79 Å². The van der Waals surface area contributed by atoms with Crippen LogP contribution in [0, 0.1) is 0 Å². The van der Waals surface area contributed by atoms with Crippen molar-refractivity contribution in [2.75, 3.05) is 13.1 Å². The van der Waals surface area contributed by atoms with E-state index < -0.39 is 5.97 Å². The minimum atomic E-state index is -0.851. The maximum Gasteiger partial charge on any atom is 0.320 e. The fourth-order valence-electron chi connectivity index (χ4n) is 1.92. The molecule has 0 aromatic heterocycles. The number of carbonyl (C=O) groups excluding carboxylic acids is 1. The highest BCUT2D eigenvalue weighted by molar-refractivity contribution is 5.76. The number of carboxylic acids is 1. The predicted octanol–water partition coefficient (Wildman–Crippen LogP) is 1.78. The van der Waals surface area contributed by atoms with Crippen molar-refractivity contribution in [1.82, 2.24) is 9.80 Å².